The van der Waals surface area contributed by atoms with Gasteiger partial charge in [0.25, 0.3) is 0 Å². The van der Waals surface area contributed by atoms with Crippen LogP contribution in [0, 0.1) is 6.92 Å². The van der Waals surface area contributed by atoms with Crippen LogP contribution in [-0.4, -0.2) is 10.3 Å². The summed E-state index contributed by atoms with van der Waals surface area (Å²) < 4.78 is 5.83. The molecule has 0 aliphatic carbocycles. The largest absolute Gasteiger partial charge is 0.360 e. The quantitative estimate of drug-likeness (QED) is 0.798. The van der Waals surface area contributed by atoms with Crippen molar-refractivity contribution in [2.45, 2.75) is 6.92 Å². The van der Waals surface area contributed by atoms with Crippen molar-refractivity contribution in [1.29, 1.82) is 0 Å². The molecule has 1 aromatic heterocycles. The topological polar surface area (TPSA) is 50.1 Å². The number of nitrogens with zero attached hydrogens (tertiary/aromatic N) is 1. The highest BCUT2D eigenvalue weighted by atomic mass is 79.9. The summed E-state index contributed by atoms with van der Waals surface area (Å²) in [6, 6.07) is 7.23. The first kappa shape index (κ1) is 13.3. The summed E-state index contributed by atoms with van der Waals surface area (Å²) in [5, 5.41) is 10.6. The van der Waals surface area contributed by atoms with E-state index in [4.69, 9.17) is 28.3 Å². The smallest absolute Gasteiger partial charge is 0.176 e. The van der Waals surface area contributed by atoms with E-state index in [9.17, 15) is 0 Å². The number of anilines is 2. The highest BCUT2D eigenvalue weighted by Crippen LogP contribution is 2.25. The Morgan fingerprint density at radius 1 is 1.39 bits per heavy atom. The summed E-state index contributed by atoms with van der Waals surface area (Å²) in [7, 11) is 0. The molecular formula is C11H9BrClN3OS. The molecule has 0 bridgehead atoms. The van der Waals surface area contributed by atoms with Crippen LogP contribution in [0.3, 0.4) is 0 Å². The third-order valence-corrected chi connectivity index (χ3v) is 3.06. The number of thiocarbonyl (C=S) groups is 1. The van der Waals surface area contributed by atoms with E-state index < -0.39 is 0 Å². The van der Waals surface area contributed by atoms with E-state index in [0.717, 1.165) is 10.2 Å². The van der Waals surface area contributed by atoms with E-state index in [2.05, 4.69) is 31.7 Å². The molecule has 0 amide bonds. The van der Waals surface area contributed by atoms with Crippen LogP contribution >= 0.6 is 39.7 Å². The summed E-state index contributed by atoms with van der Waals surface area (Å²) in [6.07, 6.45) is 0. The Labute approximate surface area is 123 Å². The molecule has 0 fully saturated rings. The van der Waals surface area contributed by atoms with Gasteiger partial charge in [0, 0.05) is 10.5 Å². The van der Waals surface area contributed by atoms with Gasteiger partial charge in [-0.2, -0.15) is 0 Å². The maximum Gasteiger partial charge on any atom is 0.176 e. The van der Waals surface area contributed by atoms with Gasteiger partial charge in [0.2, 0.25) is 0 Å². The fourth-order valence-corrected chi connectivity index (χ4v) is 2.22. The minimum absolute atomic E-state index is 0.396. The van der Waals surface area contributed by atoms with Gasteiger partial charge in [-0.05, 0) is 37.3 Å². The number of nitrogens with one attached hydrogen (secondary N) is 2. The molecule has 1 heterocycles. The number of rotatable bonds is 2. The van der Waals surface area contributed by atoms with E-state index >= 15 is 0 Å². The zero-order valence-electron chi connectivity index (χ0n) is 9.33. The van der Waals surface area contributed by atoms with Crippen LogP contribution in [0.5, 0.6) is 0 Å². The monoisotopic (exact) mass is 345 g/mol. The van der Waals surface area contributed by atoms with E-state index in [1.807, 2.05) is 12.1 Å². The number of hydrogen-bond donors (Lipinski definition) is 2. The molecule has 4 nitrogen and oxygen atoms in total. The summed E-state index contributed by atoms with van der Waals surface area (Å²) in [6.45, 7) is 1.81. The van der Waals surface area contributed by atoms with Gasteiger partial charge in [0.05, 0.1) is 10.7 Å². The Kier molecular flexibility index (Phi) is 4.21. The molecule has 1 aromatic carbocycles. The Bertz CT molecular complexity index is 587. The van der Waals surface area contributed by atoms with Crippen molar-refractivity contribution < 1.29 is 4.52 Å². The predicted octanol–water partition coefficient (Wildman–Crippen LogP) is 4.21. The van der Waals surface area contributed by atoms with Crippen LogP contribution in [0.2, 0.25) is 5.02 Å². The molecule has 0 aliphatic rings. The van der Waals surface area contributed by atoms with Crippen molar-refractivity contribution >= 4 is 56.4 Å². The van der Waals surface area contributed by atoms with Crippen LogP contribution in [0.15, 0.2) is 33.3 Å². The summed E-state index contributed by atoms with van der Waals surface area (Å²) >= 11 is 14.5. The van der Waals surface area contributed by atoms with Crippen molar-refractivity contribution in [1.82, 2.24) is 5.16 Å². The molecule has 0 radical (unpaired) electrons. The molecule has 0 atom stereocenters. The van der Waals surface area contributed by atoms with Crippen molar-refractivity contribution in [3.8, 4) is 0 Å². The van der Waals surface area contributed by atoms with Gasteiger partial charge >= 0.3 is 0 Å². The fraction of sp³-hybridized carbons (Fsp3) is 0.0909. The molecule has 2 rings (SSSR count). The predicted molar refractivity (Wildman–Crippen MR) is 80.2 cm³/mol. The lowest BCUT2D eigenvalue weighted by molar-refractivity contribution is 0.400. The number of halogens is 2. The molecular weight excluding hydrogens is 338 g/mol. The van der Waals surface area contributed by atoms with E-state index in [1.54, 1.807) is 19.1 Å². The average molecular weight is 347 g/mol. The van der Waals surface area contributed by atoms with Crippen LogP contribution in [0.25, 0.3) is 0 Å². The van der Waals surface area contributed by atoms with E-state index in [0.29, 0.717) is 21.7 Å². The minimum atomic E-state index is 0.396. The average Bonchev–Trinajstić information content (AvgIpc) is 2.68. The fourth-order valence-electron chi connectivity index (χ4n) is 1.29. The molecule has 0 aliphatic heterocycles. The Hall–Kier alpha value is -1.11. The maximum absolute atomic E-state index is 6.07. The van der Waals surface area contributed by atoms with Crippen LogP contribution < -0.4 is 10.6 Å². The molecule has 7 heteroatoms. The molecule has 94 valence electrons. The molecule has 0 unspecified atom stereocenters. The molecule has 0 saturated carbocycles. The SMILES string of the molecule is Cc1cc(NC(=S)Nc2ccc(Br)cc2Cl)no1. The van der Waals surface area contributed by atoms with Gasteiger partial charge < -0.3 is 15.2 Å². The van der Waals surface area contributed by atoms with Crippen molar-refractivity contribution in [3.05, 3.63) is 39.5 Å². The highest BCUT2D eigenvalue weighted by molar-refractivity contribution is 9.10. The first-order chi connectivity index (χ1) is 8.54. The maximum atomic E-state index is 6.07. The Balaban J connectivity index is 2.03. The van der Waals surface area contributed by atoms with Gasteiger partial charge in [0.1, 0.15) is 5.76 Å². The summed E-state index contributed by atoms with van der Waals surface area (Å²) in [5.74, 6) is 1.26. The lowest BCUT2D eigenvalue weighted by atomic mass is 10.3. The lowest BCUT2D eigenvalue weighted by Crippen LogP contribution is -2.19. The molecule has 2 aromatic rings. The molecule has 2 N–H and O–H groups in total. The van der Waals surface area contributed by atoms with Gasteiger partial charge in [-0.15, -0.1) is 0 Å². The third kappa shape index (κ3) is 3.44. The number of benzene rings is 1. The summed E-state index contributed by atoms with van der Waals surface area (Å²) in [5.41, 5.74) is 0.720. The number of aromatic nitrogens is 1. The zero-order chi connectivity index (χ0) is 13.1. The van der Waals surface area contributed by atoms with Gasteiger partial charge in [-0.3, -0.25) is 0 Å². The van der Waals surface area contributed by atoms with Crippen molar-refractivity contribution in [2.75, 3.05) is 10.6 Å². The normalized spacial score (nSPS) is 10.2. The van der Waals surface area contributed by atoms with Crippen LogP contribution in [0.4, 0.5) is 11.5 Å². The first-order valence-electron chi connectivity index (χ1n) is 5.01. The second-order valence-electron chi connectivity index (χ2n) is 3.53. The second-order valence-corrected chi connectivity index (χ2v) is 5.26. The third-order valence-electron chi connectivity index (χ3n) is 2.05. The van der Waals surface area contributed by atoms with Gasteiger partial charge in [-0.1, -0.05) is 32.7 Å². The van der Waals surface area contributed by atoms with Crippen molar-refractivity contribution in [2.24, 2.45) is 0 Å². The van der Waals surface area contributed by atoms with Crippen LogP contribution in [0.1, 0.15) is 5.76 Å². The highest BCUT2D eigenvalue weighted by Gasteiger charge is 2.05. The Morgan fingerprint density at radius 2 is 2.17 bits per heavy atom. The second kappa shape index (κ2) is 5.69. The van der Waals surface area contributed by atoms with Gasteiger partial charge in [0.15, 0.2) is 10.9 Å². The van der Waals surface area contributed by atoms with E-state index in [1.165, 1.54) is 0 Å². The number of hydrogen-bond acceptors (Lipinski definition) is 3. The molecule has 0 saturated heterocycles. The lowest BCUT2D eigenvalue weighted by Gasteiger charge is -2.09. The van der Waals surface area contributed by atoms with Crippen molar-refractivity contribution in [3.63, 3.8) is 0 Å². The minimum Gasteiger partial charge on any atom is -0.360 e. The Morgan fingerprint density at radius 3 is 2.78 bits per heavy atom. The molecule has 0 spiro atoms. The van der Waals surface area contributed by atoms with Crippen LogP contribution in [-0.2, 0) is 0 Å². The van der Waals surface area contributed by atoms with Gasteiger partial charge in [-0.25, -0.2) is 0 Å². The number of aryl methyl sites for hydroxylation is 1. The summed E-state index contributed by atoms with van der Waals surface area (Å²) in [4.78, 5) is 0. The first-order valence-corrected chi connectivity index (χ1v) is 6.59. The zero-order valence-corrected chi connectivity index (χ0v) is 12.5. The standard InChI is InChI=1S/C11H9BrClN3OS/c1-6-4-10(16-17-6)15-11(18)14-9-3-2-7(12)5-8(9)13/h2-5H,1H3,(H2,14,15,16,18). The van der Waals surface area contributed by atoms with E-state index in [-0.39, 0.29) is 0 Å². The molecule has 18 heavy (non-hydrogen) atoms.